The van der Waals surface area contributed by atoms with E-state index in [2.05, 4.69) is 10.3 Å². The fourth-order valence-corrected chi connectivity index (χ4v) is 4.88. The van der Waals surface area contributed by atoms with Gasteiger partial charge in [-0.1, -0.05) is 0 Å². The molecule has 0 aliphatic heterocycles. The smallest absolute Gasteiger partial charge is 0.374 e. The van der Waals surface area contributed by atoms with Crippen molar-refractivity contribution in [3.63, 3.8) is 0 Å². The maximum atomic E-state index is 14.5. The molecule has 0 radical (unpaired) electrons. The first-order chi connectivity index (χ1) is 14.6. The molecule has 0 saturated heterocycles. The molecule has 176 valence electrons. The molecule has 1 aromatic carbocycles. The van der Waals surface area contributed by atoms with Crippen LogP contribution < -0.4 is 5.32 Å². The van der Waals surface area contributed by atoms with Crippen molar-refractivity contribution in [3.8, 4) is 0 Å². The molecule has 2 rings (SSSR count). The number of nitrogens with one attached hydrogen (secondary N) is 1. The number of pyridine rings is 1. The highest BCUT2D eigenvalue weighted by molar-refractivity contribution is 7.91. The molecule has 0 saturated carbocycles. The lowest BCUT2D eigenvalue weighted by molar-refractivity contribution is -0.129. The van der Waals surface area contributed by atoms with Gasteiger partial charge in [0.2, 0.25) is 0 Å². The molecule has 32 heavy (non-hydrogen) atoms. The van der Waals surface area contributed by atoms with Crippen LogP contribution in [0.5, 0.6) is 0 Å². The zero-order valence-corrected chi connectivity index (χ0v) is 17.5. The first-order valence-corrected chi connectivity index (χ1v) is 10.7. The molecule has 0 bridgehead atoms. The van der Waals surface area contributed by atoms with Gasteiger partial charge in [0.15, 0.2) is 21.5 Å². The van der Waals surface area contributed by atoms with Crippen LogP contribution in [0.4, 0.5) is 26.3 Å². The number of halogens is 6. The van der Waals surface area contributed by atoms with E-state index in [0.717, 1.165) is 12.3 Å². The molecule has 13 heteroatoms. The normalized spacial score (nSPS) is 14.2. The van der Waals surface area contributed by atoms with Crippen LogP contribution in [-0.2, 0) is 9.84 Å². The van der Waals surface area contributed by atoms with Crippen molar-refractivity contribution in [2.45, 2.75) is 37.9 Å². The van der Waals surface area contributed by atoms with E-state index in [1.54, 1.807) is 0 Å². The first kappa shape index (κ1) is 25.6. The summed E-state index contributed by atoms with van der Waals surface area (Å²) in [5, 5.41) is 8.96. The average Bonchev–Trinajstić information content (AvgIpc) is 2.66. The van der Waals surface area contributed by atoms with Crippen LogP contribution in [0.3, 0.4) is 0 Å². The van der Waals surface area contributed by atoms with Gasteiger partial charge >= 0.3 is 6.18 Å². The number of carbonyl (C=O) groups excluding carboxylic acids is 1. The fraction of sp³-hybridized carbons (Fsp3) is 0.368. The molecule has 1 heterocycles. The number of aliphatic hydroxyl groups excluding tert-OH is 1. The number of aromatic nitrogens is 1. The molecule has 0 fully saturated rings. The molecule has 0 aliphatic rings. The van der Waals surface area contributed by atoms with E-state index in [1.165, 1.54) is 13.8 Å². The van der Waals surface area contributed by atoms with E-state index in [9.17, 15) is 44.7 Å². The predicted molar refractivity (Wildman–Crippen MR) is 101 cm³/mol. The number of hydrogen-bond acceptors (Lipinski definition) is 5. The van der Waals surface area contributed by atoms with Crippen LogP contribution in [0, 0.1) is 24.4 Å². The second-order valence-corrected chi connectivity index (χ2v) is 9.15. The van der Waals surface area contributed by atoms with E-state index in [1.807, 2.05) is 0 Å². The maximum absolute atomic E-state index is 14.5. The minimum Gasteiger partial charge on any atom is -0.374 e. The summed E-state index contributed by atoms with van der Waals surface area (Å²) in [5.74, 6) is -7.36. The molecule has 1 amide bonds. The quantitative estimate of drug-likeness (QED) is 0.357. The molecular formula is C19H18F6N2O4S. The number of hydrogen-bond donors (Lipinski definition) is 2. The third-order valence-corrected chi connectivity index (χ3v) is 6.36. The Balaban J connectivity index is 2.68. The summed E-state index contributed by atoms with van der Waals surface area (Å²) in [5.41, 5.74) is -2.11. The summed E-state index contributed by atoms with van der Waals surface area (Å²) in [6, 6.07) is 1.88. The number of amides is 1. The van der Waals surface area contributed by atoms with E-state index < -0.39 is 74.2 Å². The van der Waals surface area contributed by atoms with E-state index in [0.29, 0.717) is 12.1 Å². The minimum absolute atomic E-state index is 0.0700. The first-order valence-electron chi connectivity index (χ1n) is 9.01. The number of nitrogens with zero attached hydrogens (tertiary/aromatic N) is 1. The third kappa shape index (κ3) is 5.97. The standard InChI is InChI=1S/C19H18F6N2O4S/c1-9-7-14(18(29)27-10(2)28)26-8-11(9)17(32(30,31)6-5-19(23,24)25)15-12(20)3-4-13(21)16(15)22/h3-4,7-8,10,17,28H,5-6H2,1-2H3,(H,27,29). The van der Waals surface area contributed by atoms with Gasteiger partial charge in [-0.05, 0) is 43.2 Å². The molecule has 0 aliphatic carbocycles. The Morgan fingerprint density at radius 3 is 2.31 bits per heavy atom. The van der Waals surface area contributed by atoms with E-state index in [-0.39, 0.29) is 11.3 Å². The van der Waals surface area contributed by atoms with Gasteiger partial charge in [-0.2, -0.15) is 13.2 Å². The van der Waals surface area contributed by atoms with Crippen molar-refractivity contribution in [1.29, 1.82) is 0 Å². The number of aliphatic hydroxyl groups is 1. The van der Waals surface area contributed by atoms with Crippen LogP contribution >= 0.6 is 0 Å². The van der Waals surface area contributed by atoms with Gasteiger partial charge in [0.05, 0.1) is 12.2 Å². The van der Waals surface area contributed by atoms with Crippen molar-refractivity contribution in [2.24, 2.45) is 0 Å². The molecule has 2 atom stereocenters. The van der Waals surface area contributed by atoms with E-state index in [4.69, 9.17) is 0 Å². The van der Waals surface area contributed by atoms with Gasteiger partial charge in [0.25, 0.3) is 5.91 Å². The van der Waals surface area contributed by atoms with Gasteiger partial charge < -0.3 is 10.4 Å². The zero-order valence-electron chi connectivity index (χ0n) is 16.7. The van der Waals surface area contributed by atoms with Crippen molar-refractivity contribution in [3.05, 3.63) is 64.2 Å². The van der Waals surface area contributed by atoms with Gasteiger partial charge in [-0.3, -0.25) is 9.78 Å². The molecule has 2 unspecified atom stereocenters. The molecule has 0 spiro atoms. The van der Waals surface area contributed by atoms with Gasteiger partial charge in [-0.25, -0.2) is 21.6 Å². The van der Waals surface area contributed by atoms with Crippen molar-refractivity contribution < 1.29 is 44.7 Å². The number of rotatable bonds is 7. The van der Waals surface area contributed by atoms with Crippen LogP contribution in [0.25, 0.3) is 0 Å². The van der Waals surface area contributed by atoms with Gasteiger partial charge in [0, 0.05) is 11.8 Å². The number of sulfone groups is 1. The summed E-state index contributed by atoms with van der Waals surface area (Å²) in [7, 11) is -4.95. The van der Waals surface area contributed by atoms with Crippen LogP contribution in [0.2, 0.25) is 0 Å². The van der Waals surface area contributed by atoms with Crippen LogP contribution in [0.15, 0.2) is 24.4 Å². The summed E-state index contributed by atoms with van der Waals surface area (Å²) >= 11 is 0. The van der Waals surface area contributed by atoms with Gasteiger partial charge in [-0.15, -0.1) is 0 Å². The Bertz CT molecular complexity index is 1120. The number of aryl methyl sites for hydroxylation is 1. The highest BCUT2D eigenvalue weighted by Crippen LogP contribution is 2.38. The monoisotopic (exact) mass is 484 g/mol. The Hall–Kier alpha value is -2.67. The Labute approximate surface area is 179 Å². The maximum Gasteiger partial charge on any atom is 0.390 e. The molecular weight excluding hydrogens is 466 g/mol. The van der Waals surface area contributed by atoms with Crippen molar-refractivity contribution >= 4 is 15.7 Å². The zero-order chi connectivity index (χ0) is 24.4. The molecule has 6 nitrogen and oxygen atoms in total. The third-order valence-electron chi connectivity index (χ3n) is 4.38. The van der Waals surface area contributed by atoms with Crippen LogP contribution in [-0.4, -0.2) is 42.6 Å². The number of alkyl halides is 3. The lowest BCUT2D eigenvalue weighted by atomic mass is 10.00. The highest BCUT2D eigenvalue weighted by atomic mass is 32.2. The number of carbonyl (C=O) groups is 1. The minimum atomic E-state index is -4.95. The highest BCUT2D eigenvalue weighted by Gasteiger charge is 2.39. The Morgan fingerprint density at radius 2 is 1.78 bits per heavy atom. The second kappa shape index (κ2) is 9.45. The average molecular weight is 484 g/mol. The van der Waals surface area contributed by atoms with Crippen LogP contribution in [0.1, 0.15) is 45.8 Å². The SMILES string of the molecule is Cc1cc(C(=O)NC(C)O)ncc1C(c1c(F)ccc(F)c1F)S(=O)(=O)CCC(F)(F)F. The molecule has 2 aromatic rings. The number of benzene rings is 1. The Morgan fingerprint density at radius 1 is 1.19 bits per heavy atom. The van der Waals surface area contributed by atoms with Gasteiger partial charge in [0.1, 0.15) is 23.0 Å². The lowest BCUT2D eigenvalue weighted by Crippen LogP contribution is -2.33. The van der Waals surface area contributed by atoms with Crippen molar-refractivity contribution in [2.75, 3.05) is 5.75 Å². The largest absolute Gasteiger partial charge is 0.390 e. The predicted octanol–water partition coefficient (Wildman–Crippen LogP) is 3.33. The summed E-state index contributed by atoms with van der Waals surface area (Å²) < 4.78 is 106. The lowest BCUT2D eigenvalue weighted by Gasteiger charge is -2.22. The second-order valence-electron chi connectivity index (χ2n) is 6.94. The fourth-order valence-electron chi connectivity index (χ4n) is 2.92. The topological polar surface area (TPSA) is 96.4 Å². The van der Waals surface area contributed by atoms with Crippen molar-refractivity contribution in [1.82, 2.24) is 10.3 Å². The summed E-state index contributed by atoms with van der Waals surface area (Å²) in [6.45, 7) is 2.47. The van der Waals surface area contributed by atoms with E-state index >= 15 is 0 Å². The molecule has 2 N–H and O–H groups in total. The Kier molecular flexibility index (Phi) is 7.55. The molecule has 1 aromatic heterocycles. The summed E-state index contributed by atoms with van der Waals surface area (Å²) in [4.78, 5) is 15.7. The summed E-state index contributed by atoms with van der Waals surface area (Å²) in [6.07, 6.45) is -7.18.